The van der Waals surface area contributed by atoms with Gasteiger partial charge < -0.3 is 0 Å². The minimum atomic E-state index is -4.28. The summed E-state index contributed by atoms with van der Waals surface area (Å²) in [5.74, 6) is 0. The summed E-state index contributed by atoms with van der Waals surface area (Å²) in [6.07, 6.45) is -1.14. The van der Waals surface area contributed by atoms with Gasteiger partial charge in [0.25, 0.3) is 0 Å². The van der Waals surface area contributed by atoms with Crippen LogP contribution >= 0.6 is 0 Å². The zero-order valence-corrected chi connectivity index (χ0v) is 6.93. The Labute approximate surface area is 74.6 Å². The van der Waals surface area contributed by atoms with Crippen LogP contribution in [0.1, 0.15) is 17.5 Å². The van der Waals surface area contributed by atoms with E-state index in [1.54, 1.807) is 0 Å². The van der Waals surface area contributed by atoms with Gasteiger partial charge in [0.15, 0.2) is 0 Å². The predicted molar refractivity (Wildman–Crippen MR) is 42.9 cm³/mol. The maximum Gasteiger partial charge on any atom is 0.416 e. The Hall–Kier alpha value is -1.06. The van der Waals surface area contributed by atoms with Crippen molar-refractivity contribution in [2.24, 2.45) is 0 Å². The summed E-state index contributed by atoms with van der Waals surface area (Å²) in [7, 11) is 0. The van der Waals surface area contributed by atoms with Crippen LogP contribution in [0.25, 0.3) is 0 Å². The summed E-state index contributed by atoms with van der Waals surface area (Å²) in [4.78, 5) is 3.65. The molecule has 13 heavy (non-hydrogen) atoms. The molecular formula is C9H9F3N. The van der Waals surface area contributed by atoms with Gasteiger partial charge in [0.1, 0.15) is 0 Å². The summed E-state index contributed by atoms with van der Waals surface area (Å²) >= 11 is 0. The summed E-state index contributed by atoms with van der Waals surface area (Å²) in [5, 5.41) is 0. The van der Waals surface area contributed by atoms with Crippen LogP contribution < -0.4 is 0 Å². The first kappa shape index (κ1) is 10.0. The minimum absolute atomic E-state index is 0.213. The summed E-state index contributed by atoms with van der Waals surface area (Å²) < 4.78 is 37.0. The van der Waals surface area contributed by atoms with Crippen LogP contribution in [0.5, 0.6) is 0 Å². The Morgan fingerprint density at radius 3 is 2.62 bits per heavy atom. The molecule has 1 rings (SSSR count). The van der Waals surface area contributed by atoms with Crippen molar-refractivity contribution in [3.05, 3.63) is 36.5 Å². The summed E-state index contributed by atoms with van der Waals surface area (Å²) in [6.45, 7) is 3.51. The predicted octanol–water partition coefficient (Wildman–Crippen LogP) is 2.87. The number of aryl methyl sites for hydroxylation is 1. The highest BCUT2D eigenvalue weighted by Gasteiger charge is 2.32. The molecule has 71 valence electrons. The van der Waals surface area contributed by atoms with Gasteiger partial charge in [-0.05, 0) is 24.5 Å². The molecule has 0 bridgehead atoms. The van der Waals surface area contributed by atoms with Crippen LogP contribution in [-0.4, -0.2) is 4.98 Å². The average molecular weight is 188 g/mol. The van der Waals surface area contributed by atoms with Crippen LogP contribution in [0.2, 0.25) is 0 Å². The lowest BCUT2D eigenvalue weighted by atomic mass is 10.1. The van der Waals surface area contributed by atoms with Crippen LogP contribution in [0, 0.1) is 6.92 Å². The van der Waals surface area contributed by atoms with Crippen molar-refractivity contribution in [3.8, 4) is 0 Å². The third-order valence-corrected chi connectivity index (χ3v) is 1.66. The van der Waals surface area contributed by atoms with Crippen LogP contribution in [0.3, 0.4) is 0 Å². The van der Waals surface area contributed by atoms with Crippen LogP contribution in [-0.2, 0) is 12.6 Å². The fourth-order valence-corrected chi connectivity index (χ4v) is 1.09. The van der Waals surface area contributed by atoms with E-state index in [2.05, 4.69) is 11.9 Å². The molecule has 0 aromatic carbocycles. The molecule has 0 atom stereocenters. The van der Waals surface area contributed by atoms with Crippen molar-refractivity contribution in [1.82, 2.24) is 4.98 Å². The highest BCUT2D eigenvalue weighted by molar-refractivity contribution is 5.26. The maximum absolute atomic E-state index is 12.3. The van der Waals surface area contributed by atoms with Crippen molar-refractivity contribution in [2.45, 2.75) is 19.0 Å². The van der Waals surface area contributed by atoms with Crippen LogP contribution in [0.4, 0.5) is 13.2 Å². The highest BCUT2D eigenvalue weighted by atomic mass is 19.4. The van der Waals surface area contributed by atoms with E-state index >= 15 is 0 Å². The normalized spacial score (nSPS) is 11.7. The zero-order valence-electron chi connectivity index (χ0n) is 6.93. The molecule has 0 unspecified atom stereocenters. The minimum Gasteiger partial charge on any atom is -0.264 e. The van der Waals surface area contributed by atoms with Gasteiger partial charge in [-0.3, -0.25) is 4.98 Å². The number of halogens is 3. The molecule has 0 aliphatic rings. The second-order valence-corrected chi connectivity index (χ2v) is 2.63. The average Bonchev–Trinajstić information content (AvgIpc) is 2.04. The van der Waals surface area contributed by atoms with E-state index in [0.717, 1.165) is 12.3 Å². The number of nitrogens with zero attached hydrogens (tertiary/aromatic N) is 1. The molecule has 0 aliphatic carbocycles. The van der Waals surface area contributed by atoms with Gasteiger partial charge >= 0.3 is 6.18 Å². The zero-order chi connectivity index (χ0) is 9.90. The molecule has 1 radical (unpaired) electrons. The van der Waals surface area contributed by atoms with E-state index in [1.165, 1.54) is 6.20 Å². The van der Waals surface area contributed by atoms with Gasteiger partial charge in [-0.15, -0.1) is 0 Å². The molecule has 0 spiro atoms. The molecule has 0 saturated heterocycles. The van der Waals surface area contributed by atoms with Gasteiger partial charge in [-0.2, -0.15) is 13.2 Å². The monoisotopic (exact) mass is 188 g/mol. The SMILES string of the molecule is [CH2]CCc1cnccc1C(F)(F)F. The van der Waals surface area contributed by atoms with Crippen molar-refractivity contribution < 1.29 is 13.2 Å². The van der Waals surface area contributed by atoms with Gasteiger partial charge in [0, 0.05) is 12.4 Å². The molecule has 0 fully saturated rings. The molecule has 0 aliphatic heterocycles. The van der Waals surface area contributed by atoms with E-state index in [1.807, 2.05) is 0 Å². The number of aromatic nitrogens is 1. The maximum atomic E-state index is 12.3. The molecule has 1 nitrogen and oxygen atoms in total. The first-order valence-corrected chi connectivity index (χ1v) is 3.85. The molecule has 1 aromatic rings. The van der Waals surface area contributed by atoms with E-state index < -0.39 is 11.7 Å². The fourth-order valence-electron chi connectivity index (χ4n) is 1.09. The van der Waals surface area contributed by atoms with Crippen molar-refractivity contribution >= 4 is 0 Å². The fraction of sp³-hybridized carbons (Fsp3) is 0.333. The largest absolute Gasteiger partial charge is 0.416 e. The number of alkyl halides is 3. The van der Waals surface area contributed by atoms with Gasteiger partial charge in [0.2, 0.25) is 0 Å². The van der Waals surface area contributed by atoms with Gasteiger partial charge in [0.05, 0.1) is 5.56 Å². The van der Waals surface area contributed by atoms with Crippen molar-refractivity contribution in [3.63, 3.8) is 0 Å². The molecule has 0 saturated carbocycles. The Bertz CT molecular complexity index is 280. The second kappa shape index (κ2) is 3.77. The first-order chi connectivity index (χ1) is 6.05. The highest BCUT2D eigenvalue weighted by Crippen LogP contribution is 2.31. The summed E-state index contributed by atoms with van der Waals surface area (Å²) in [5.41, 5.74) is -0.392. The number of rotatable bonds is 2. The van der Waals surface area contributed by atoms with Crippen molar-refractivity contribution in [2.75, 3.05) is 0 Å². The van der Waals surface area contributed by atoms with E-state index in [4.69, 9.17) is 0 Å². The quantitative estimate of drug-likeness (QED) is 0.695. The Balaban J connectivity index is 3.05. The van der Waals surface area contributed by atoms with Gasteiger partial charge in [-0.1, -0.05) is 6.92 Å². The van der Waals surface area contributed by atoms with E-state index in [9.17, 15) is 13.2 Å². The Morgan fingerprint density at radius 2 is 2.08 bits per heavy atom. The van der Waals surface area contributed by atoms with E-state index in [-0.39, 0.29) is 5.56 Å². The number of pyridine rings is 1. The lowest BCUT2D eigenvalue weighted by Crippen LogP contribution is -2.09. The first-order valence-electron chi connectivity index (χ1n) is 3.85. The third-order valence-electron chi connectivity index (χ3n) is 1.66. The summed E-state index contributed by atoms with van der Waals surface area (Å²) in [6, 6.07) is 0.991. The molecule has 0 N–H and O–H groups in total. The topological polar surface area (TPSA) is 12.9 Å². The Kier molecular flexibility index (Phi) is 2.90. The molecule has 1 heterocycles. The molecular weight excluding hydrogens is 179 g/mol. The molecule has 4 heteroatoms. The number of hydrogen-bond acceptors (Lipinski definition) is 1. The lowest BCUT2D eigenvalue weighted by Gasteiger charge is -2.10. The third kappa shape index (κ3) is 2.44. The molecule has 0 amide bonds. The smallest absolute Gasteiger partial charge is 0.264 e. The van der Waals surface area contributed by atoms with E-state index in [0.29, 0.717) is 12.8 Å². The number of hydrogen-bond donors (Lipinski definition) is 0. The van der Waals surface area contributed by atoms with Crippen LogP contribution in [0.15, 0.2) is 18.5 Å². The second-order valence-electron chi connectivity index (χ2n) is 2.63. The lowest BCUT2D eigenvalue weighted by molar-refractivity contribution is -0.138. The molecule has 1 aromatic heterocycles. The van der Waals surface area contributed by atoms with Crippen molar-refractivity contribution in [1.29, 1.82) is 0 Å². The Morgan fingerprint density at radius 1 is 1.38 bits per heavy atom. The standard InChI is InChI=1S/C9H9F3N/c1-2-3-7-6-13-5-4-8(7)9(10,11)12/h4-6H,1-3H2. The van der Waals surface area contributed by atoms with Gasteiger partial charge in [-0.25, -0.2) is 0 Å².